The van der Waals surface area contributed by atoms with Crippen molar-refractivity contribution in [3.63, 3.8) is 0 Å². The van der Waals surface area contributed by atoms with Gasteiger partial charge in [-0.1, -0.05) is 0 Å². The molecule has 1 heterocycles. The van der Waals surface area contributed by atoms with Crippen LogP contribution < -0.4 is 11.5 Å². The molecule has 2 rings (SSSR count). The van der Waals surface area contributed by atoms with Crippen molar-refractivity contribution in [3.05, 3.63) is 24.3 Å². The van der Waals surface area contributed by atoms with Crippen LogP contribution in [-0.2, 0) is 10.1 Å². The molecule has 1 saturated heterocycles. The smallest absolute Gasteiger partial charge is 0.294 e. The Balaban J connectivity index is 2.11. The lowest BCUT2D eigenvalue weighted by Crippen LogP contribution is -2.41. The summed E-state index contributed by atoms with van der Waals surface area (Å²) in [4.78, 5) is 9.83. The summed E-state index contributed by atoms with van der Waals surface area (Å²) in [6, 6.07) is 5.31. The van der Waals surface area contributed by atoms with Gasteiger partial charge in [-0.15, -0.1) is 0 Å². The Hall–Kier alpha value is -2.13. The number of piperidine rings is 1. The first-order valence-corrected chi connectivity index (χ1v) is 8.31. The van der Waals surface area contributed by atoms with Gasteiger partial charge < -0.3 is 16.4 Å². The summed E-state index contributed by atoms with van der Waals surface area (Å²) < 4.78 is 30.8. The van der Waals surface area contributed by atoms with Gasteiger partial charge in [-0.05, 0) is 43.5 Å². The van der Waals surface area contributed by atoms with E-state index in [1.807, 2.05) is 4.90 Å². The fraction of sp³-hybridized carbons (Fsp3) is 0.385. The van der Waals surface area contributed by atoms with Crippen molar-refractivity contribution in [2.24, 2.45) is 21.5 Å². The summed E-state index contributed by atoms with van der Waals surface area (Å²) in [6.07, 6.45) is 3.34. The second-order valence-corrected chi connectivity index (χ2v) is 6.38. The summed E-state index contributed by atoms with van der Waals surface area (Å²) in [7, 11) is -4.22. The molecular weight excluding hydrogens is 306 g/mol. The summed E-state index contributed by atoms with van der Waals surface area (Å²) >= 11 is 0. The predicted molar refractivity (Wildman–Crippen MR) is 84.6 cm³/mol. The minimum atomic E-state index is -4.22. The Morgan fingerprint density at radius 1 is 1.09 bits per heavy atom. The lowest BCUT2D eigenvalue weighted by Gasteiger charge is -2.27. The highest BCUT2D eigenvalue weighted by molar-refractivity contribution is 7.85. The molecule has 0 aromatic heterocycles. The zero-order valence-corrected chi connectivity index (χ0v) is 12.8. The quantitative estimate of drug-likeness (QED) is 0.416. The van der Waals surface area contributed by atoms with Gasteiger partial charge in [0.15, 0.2) is 5.96 Å². The second kappa shape index (κ2) is 6.75. The van der Waals surface area contributed by atoms with Crippen molar-refractivity contribution < 1.29 is 13.0 Å². The summed E-state index contributed by atoms with van der Waals surface area (Å²) in [5, 5.41) is 0. The van der Waals surface area contributed by atoms with Crippen LogP contribution in [0.15, 0.2) is 39.1 Å². The van der Waals surface area contributed by atoms with Gasteiger partial charge >= 0.3 is 0 Å². The maximum Gasteiger partial charge on any atom is 0.294 e. The fourth-order valence-corrected chi connectivity index (χ4v) is 2.64. The summed E-state index contributed by atoms with van der Waals surface area (Å²) in [6.45, 7) is 1.71. The molecule has 0 bridgehead atoms. The van der Waals surface area contributed by atoms with Crippen molar-refractivity contribution >= 4 is 27.7 Å². The molecule has 5 N–H and O–H groups in total. The number of rotatable bonds is 2. The molecule has 1 aliphatic heterocycles. The van der Waals surface area contributed by atoms with E-state index in [2.05, 4.69) is 9.98 Å². The van der Waals surface area contributed by atoms with Crippen LogP contribution in [0.1, 0.15) is 19.3 Å². The molecule has 0 amide bonds. The van der Waals surface area contributed by atoms with Crippen LogP contribution in [0.2, 0.25) is 0 Å². The monoisotopic (exact) mass is 325 g/mol. The van der Waals surface area contributed by atoms with Gasteiger partial charge in [0.05, 0.1) is 10.6 Å². The Kier molecular flexibility index (Phi) is 4.99. The minimum absolute atomic E-state index is 0.0114. The minimum Gasteiger partial charge on any atom is -0.369 e. The third-order valence-corrected chi connectivity index (χ3v) is 4.16. The Bertz CT molecular complexity index is 676. The molecule has 0 aliphatic carbocycles. The molecule has 1 aromatic rings. The van der Waals surface area contributed by atoms with E-state index in [9.17, 15) is 8.42 Å². The average molecular weight is 325 g/mol. The van der Waals surface area contributed by atoms with Crippen LogP contribution >= 0.6 is 0 Å². The fourth-order valence-electron chi connectivity index (χ4n) is 2.16. The van der Waals surface area contributed by atoms with Crippen molar-refractivity contribution in [1.82, 2.24) is 4.90 Å². The van der Waals surface area contributed by atoms with Crippen molar-refractivity contribution in [3.8, 4) is 0 Å². The molecule has 8 nitrogen and oxygen atoms in total. The summed E-state index contributed by atoms with van der Waals surface area (Å²) in [5.74, 6) is 0.318. The highest BCUT2D eigenvalue weighted by Crippen LogP contribution is 2.16. The molecule has 0 unspecified atom stereocenters. The molecule has 22 heavy (non-hydrogen) atoms. The highest BCUT2D eigenvalue weighted by atomic mass is 32.2. The van der Waals surface area contributed by atoms with Crippen LogP contribution in [0.5, 0.6) is 0 Å². The van der Waals surface area contributed by atoms with E-state index in [1.54, 1.807) is 0 Å². The van der Waals surface area contributed by atoms with Crippen LogP contribution in [0.3, 0.4) is 0 Å². The van der Waals surface area contributed by atoms with Gasteiger partial charge in [-0.25, -0.2) is 4.99 Å². The topological polar surface area (TPSA) is 134 Å². The van der Waals surface area contributed by atoms with E-state index in [1.165, 1.54) is 30.7 Å². The maximum atomic E-state index is 10.9. The third kappa shape index (κ3) is 4.43. The molecule has 1 aliphatic rings. The molecule has 0 saturated carbocycles. The lowest BCUT2D eigenvalue weighted by atomic mass is 10.1. The Morgan fingerprint density at radius 3 is 2.23 bits per heavy atom. The molecule has 0 atom stereocenters. The Morgan fingerprint density at radius 2 is 1.68 bits per heavy atom. The van der Waals surface area contributed by atoms with E-state index in [-0.39, 0.29) is 10.9 Å². The number of hydrogen-bond acceptors (Lipinski definition) is 3. The van der Waals surface area contributed by atoms with Gasteiger partial charge in [-0.2, -0.15) is 13.4 Å². The van der Waals surface area contributed by atoms with E-state index in [0.717, 1.165) is 25.9 Å². The van der Waals surface area contributed by atoms with Crippen LogP contribution in [-0.4, -0.2) is 42.9 Å². The molecule has 0 spiro atoms. The van der Waals surface area contributed by atoms with E-state index >= 15 is 0 Å². The number of nitrogens with zero attached hydrogens (tertiary/aromatic N) is 3. The Labute approximate surface area is 129 Å². The number of benzene rings is 1. The average Bonchev–Trinajstić information content (AvgIpc) is 2.47. The first kappa shape index (κ1) is 16.2. The lowest BCUT2D eigenvalue weighted by molar-refractivity contribution is 0.339. The van der Waals surface area contributed by atoms with Crippen molar-refractivity contribution in [2.45, 2.75) is 24.2 Å². The first-order valence-electron chi connectivity index (χ1n) is 6.87. The second-order valence-electron chi connectivity index (χ2n) is 4.96. The van der Waals surface area contributed by atoms with Gasteiger partial charge in [-0.3, -0.25) is 4.55 Å². The van der Waals surface area contributed by atoms with Gasteiger partial charge in [0.1, 0.15) is 0 Å². The van der Waals surface area contributed by atoms with E-state index in [0.29, 0.717) is 11.6 Å². The molecule has 1 fully saturated rings. The van der Waals surface area contributed by atoms with Crippen molar-refractivity contribution in [2.75, 3.05) is 13.1 Å². The predicted octanol–water partition coefficient (Wildman–Crippen LogP) is 0.680. The molecule has 1 aromatic carbocycles. The molecule has 0 radical (unpaired) electrons. The number of hydrogen-bond donors (Lipinski definition) is 3. The molecule has 120 valence electrons. The zero-order valence-electron chi connectivity index (χ0n) is 12.0. The number of nitrogens with two attached hydrogens (primary N) is 2. The molecule has 9 heteroatoms. The van der Waals surface area contributed by atoms with Crippen LogP contribution in [0.25, 0.3) is 0 Å². The van der Waals surface area contributed by atoms with Gasteiger partial charge in [0.2, 0.25) is 5.96 Å². The van der Waals surface area contributed by atoms with Gasteiger partial charge in [0, 0.05) is 13.1 Å². The largest absolute Gasteiger partial charge is 0.369 e. The maximum absolute atomic E-state index is 10.9. The summed E-state index contributed by atoms with van der Waals surface area (Å²) in [5.41, 5.74) is 12.0. The van der Waals surface area contributed by atoms with E-state index < -0.39 is 10.1 Å². The van der Waals surface area contributed by atoms with Crippen LogP contribution in [0, 0.1) is 0 Å². The van der Waals surface area contributed by atoms with E-state index in [4.69, 9.17) is 16.0 Å². The first-order chi connectivity index (χ1) is 10.4. The highest BCUT2D eigenvalue weighted by Gasteiger charge is 2.12. The number of likely N-dealkylation sites (tertiary alicyclic amines) is 1. The normalized spacial score (nSPS) is 17.6. The zero-order chi connectivity index (χ0) is 16.2. The number of aliphatic imine (C=N–C) groups is 2. The molecular formula is C13H19N5O3S. The van der Waals surface area contributed by atoms with Gasteiger partial charge in [0.25, 0.3) is 10.1 Å². The third-order valence-electron chi connectivity index (χ3n) is 3.29. The van der Waals surface area contributed by atoms with Crippen LogP contribution in [0.4, 0.5) is 5.69 Å². The standard InChI is InChI=1S/C13H19N5O3S/c14-12(17-13(15)18-8-2-1-3-9-18)16-10-4-6-11(7-5-10)22(19,20)21/h4-7H,1-3,8-9H2,(H,19,20,21)(H4,14,15,16,17). The SMILES string of the molecule is NC(=Nc1ccc(S(=O)(=O)O)cc1)N=C(N)N1CCCCC1. The number of guanidine groups is 2. The van der Waals surface area contributed by atoms with Crippen molar-refractivity contribution in [1.29, 1.82) is 0 Å².